The first-order valence-corrected chi connectivity index (χ1v) is 7.51. The van der Waals surface area contributed by atoms with Crippen molar-refractivity contribution < 1.29 is 22.7 Å². The van der Waals surface area contributed by atoms with Gasteiger partial charge in [0, 0.05) is 5.69 Å². The summed E-state index contributed by atoms with van der Waals surface area (Å²) in [6, 6.07) is 11.0. The van der Waals surface area contributed by atoms with E-state index in [1.54, 1.807) is 18.2 Å². The van der Waals surface area contributed by atoms with Gasteiger partial charge in [0.15, 0.2) is 0 Å². The van der Waals surface area contributed by atoms with Crippen LogP contribution in [0.15, 0.2) is 42.5 Å². The van der Waals surface area contributed by atoms with Gasteiger partial charge < -0.3 is 10.1 Å². The highest BCUT2D eigenvalue weighted by molar-refractivity contribution is 6.06. The number of halogens is 3. The summed E-state index contributed by atoms with van der Waals surface area (Å²) in [6.07, 6.45) is -3.94. The Balaban J connectivity index is 2.29. The molecule has 1 N–H and O–H groups in total. The Morgan fingerprint density at radius 1 is 1.24 bits per heavy atom. The summed E-state index contributed by atoms with van der Waals surface area (Å²) in [5, 5.41) is 11.2. The van der Waals surface area contributed by atoms with E-state index in [2.05, 4.69) is 5.32 Å². The maximum Gasteiger partial charge on any atom is 0.417 e. The fraction of sp³-hybridized carbons (Fsp3) is 0.222. The number of nitrogens with zero attached hydrogens (tertiary/aromatic N) is 1. The minimum Gasteiger partial charge on any atom is -0.493 e. The van der Waals surface area contributed by atoms with Crippen molar-refractivity contribution in [3.8, 4) is 11.8 Å². The van der Waals surface area contributed by atoms with Crippen LogP contribution in [0.3, 0.4) is 0 Å². The highest BCUT2D eigenvalue weighted by Gasteiger charge is 2.34. The molecule has 2 rings (SSSR count). The van der Waals surface area contributed by atoms with Gasteiger partial charge in [-0.15, -0.1) is 0 Å². The van der Waals surface area contributed by atoms with Crippen LogP contribution in [-0.4, -0.2) is 12.5 Å². The van der Waals surface area contributed by atoms with Gasteiger partial charge in [0.25, 0.3) is 5.91 Å². The van der Waals surface area contributed by atoms with Crippen molar-refractivity contribution in [2.45, 2.75) is 19.5 Å². The number of alkyl halides is 3. The van der Waals surface area contributed by atoms with Crippen LogP contribution in [0.25, 0.3) is 0 Å². The van der Waals surface area contributed by atoms with E-state index in [-0.39, 0.29) is 11.3 Å². The number of anilines is 1. The van der Waals surface area contributed by atoms with E-state index in [0.717, 1.165) is 18.6 Å². The number of amides is 1. The minimum absolute atomic E-state index is 0.0541. The molecule has 0 saturated carbocycles. The highest BCUT2D eigenvalue weighted by atomic mass is 19.4. The number of hydrogen-bond acceptors (Lipinski definition) is 3. The lowest BCUT2D eigenvalue weighted by molar-refractivity contribution is -0.137. The second-order valence-electron chi connectivity index (χ2n) is 5.17. The van der Waals surface area contributed by atoms with Crippen LogP contribution >= 0.6 is 0 Å². The molecule has 0 saturated heterocycles. The summed E-state index contributed by atoms with van der Waals surface area (Å²) in [7, 11) is 0. The molecule has 0 spiro atoms. The van der Waals surface area contributed by atoms with Crippen LogP contribution in [0, 0.1) is 11.3 Å². The lowest BCUT2D eigenvalue weighted by Gasteiger charge is -2.13. The van der Waals surface area contributed by atoms with Crippen molar-refractivity contribution in [1.82, 2.24) is 0 Å². The monoisotopic (exact) mass is 348 g/mol. The Morgan fingerprint density at radius 3 is 2.60 bits per heavy atom. The topological polar surface area (TPSA) is 62.1 Å². The average Bonchev–Trinajstić information content (AvgIpc) is 2.59. The maximum absolute atomic E-state index is 13.0. The number of para-hydroxylation sites is 1. The van der Waals surface area contributed by atoms with E-state index < -0.39 is 23.2 Å². The molecular weight excluding hydrogens is 333 g/mol. The van der Waals surface area contributed by atoms with Crippen molar-refractivity contribution in [2.24, 2.45) is 0 Å². The quantitative estimate of drug-likeness (QED) is 0.858. The van der Waals surface area contributed by atoms with Crippen LogP contribution < -0.4 is 10.1 Å². The van der Waals surface area contributed by atoms with Gasteiger partial charge in [-0.2, -0.15) is 18.4 Å². The zero-order chi connectivity index (χ0) is 18.4. The summed E-state index contributed by atoms with van der Waals surface area (Å²) in [6.45, 7) is 2.33. The Hall–Kier alpha value is -3.01. The molecular formula is C18H15F3N2O2. The van der Waals surface area contributed by atoms with Crippen molar-refractivity contribution in [1.29, 1.82) is 5.26 Å². The molecule has 4 nitrogen and oxygen atoms in total. The summed E-state index contributed by atoms with van der Waals surface area (Å²) in [5.74, 6) is -0.240. The van der Waals surface area contributed by atoms with Crippen LogP contribution in [0.2, 0.25) is 0 Å². The zero-order valence-electron chi connectivity index (χ0n) is 13.4. The normalized spacial score (nSPS) is 10.8. The van der Waals surface area contributed by atoms with E-state index in [9.17, 15) is 18.0 Å². The standard InChI is InChI=1S/C18H15F3N2O2/c1-2-9-25-16-6-4-3-5-14(16)17(24)23-13-8-7-12(11-22)15(10-13)18(19,20)21/h3-8,10H,2,9H2,1H3,(H,23,24). The van der Waals surface area contributed by atoms with E-state index >= 15 is 0 Å². The van der Waals surface area contributed by atoms with Gasteiger partial charge in [0.05, 0.1) is 29.4 Å². The van der Waals surface area contributed by atoms with Gasteiger partial charge in [0.2, 0.25) is 0 Å². The number of nitrogens with one attached hydrogen (secondary N) is 1. The van der Waals surface area contributed by atoms with Gasteiger partial charge >= 0.3 is 6.18 Å². The SMILES string of the molecule is CCCOc1ccccc1C(=O)Nc1ccc(C#N)c(C(F)(F)F)c1. The summed E-state index contributed by atoms with van der Waals surface area (Å²) >= 11 is 0. The smallest absolute Gasteiger partial charge is 0.417 e. The fourth-order valence-corrected chi connectivity index (χ4v) is 2.14. The number of carbonyl (C=O) groups excluding carboxylic acids is 1. The molecule has 1 amide bonds. The van der Waals surface area contributed by atoms with E-state index in [1.165, 1.54) is 18.2 Å². The first kappa shape index (κ1) is 18.3. The number of rotatable bonds is 5. The van der Waals surface area contributed by atoms with Gasteiger partial charge in [-0.3, -0.25) is 4.79 Å². The van der Waals surface area contributed by atoms with Gasteiger partial charge in [0.1, 0.15) is 5.75 Å². The summed E-state index contributed by atoms with van der Waals surface area (Å²) in [4.78, 5) is 12.4. The second kappa shape index (κ2) is 7.71. The third-order valence-electron chi connectivity index (χ3n) is 3.30. The molecule has 2 aromatic carbocycles. The highest BCUT2D eigenvalue weighted by Crippen LogP contribution is 2.33. The molecule has 7 heteroatoms. The third-order valence-corrected chi connectivity index (χ3v) is 3.30. The van der Waals surface area contributed by atoms with Gasteiger partial charge in [-0.25, -0.2) is 0 Å². The predicted molar refractivity (Wildman–Crippen MR) is 86.3 cm³/mol. The predicted octanol–water partition coefficient (Wildman–Crippen LogP) is 4.62. The number of ether oxygens (including phenoxy) is 1. The molecule has 0 bridgehead atoms. The average molecular weight is 348 g/mol. The number of hydrogen-bond donors (Lipinski definition) is 1. The lowest BCUT2D eigenvalue weighted by atomic mass is 10.1. The molecule has 0 aliphatic rings. The largest absolute Gasteiger partial charge is 0.493 e. The number of nitriles is 1. The van der Waals surface area contributed by atoms with E-state index in [1.807, 2.05) is 6.92 Å². The fourth-order valence-electron chi connectivity index (χ4n) is 2.14. The van der Waals surface area contributed by atoms with Crippen LogP contribution in [0.1, 0.15) is 34.8 Å². The van der Waals surface area contributed by atoms with Crippen molar-refractivity contribution >= 4 is 11.6 Å². The van der Waals surface area contributed by atoms with Gasteiger partial charge in [-0.1, -0.05) is 19.1 Å². The molecule has 0 fully saturated rings. The number of benzene rings is 2. The Bertz CT molecular complexity index is 811. The molecule has 0 heterocycles. The molecule has 130 valence electrons. The maximum atomic E-state index is 13.0. The Morgan fingerprint density at radius 2 is 1.96 bits per heavy atom. The molecule has 0 aliphatic carbocycles. The van der Waals surface area contributed by atoms with Crippen molar-refractivity contribution in [2.75, 3.05) is 11.9 Å². The number of carbonyl (C=O) groups is 1. The lowest BCUT2D eigenvalue weighted by Crippen LogP contribution is -2.15. The molecule has 0 unspecified atom stereocenters. The third kappa shape index (κ3) is 4.51. The first-order chi connectivity index (χ1) is 11.9. The van der Waals surface area contributed by atoms with Crippen LogP contribution in [-0.2, 0) is 6.18 Å². The molecule has 0 aromatic heterocycles. The Kier molecular flexibility index (Phi) is 5.65. The van der Waals surface area contributed by atoms with Crippen LogP contribution in [0.5, 0.6) is 5.75 Å². The molecule has 0 radical (unpaired) electrons. The zero-order valence-corrected chi connectivity index (χ0v) is 13.4. The van der Waals surface area contributed by atoms with Crippen molar-refractivity contribution in [3.63, 3.8) is 0 Å². The summed E-state index contributed by atoms with van der Waals surface area (Å²) in [5.41, 5.74) is -1.43. The van der Waals surface area contributed by atoms with Crippen LogP contribution in [0.4, 0.5) is 18.9 Å². The minimum atomic E-state index is -4.69. The molecule has 2 aromatic rings. The van der Waals surface area contributed by atoms with Crippen molar-refractivity contribution in [3.05, 3.63) is 59.2 Å². The molecule has 0 aliphatic heterocycles. The molecule has 25 heavy (non-hydrogen) atoms. The van der Waals surface area contributed by atoms with Gasteiger partial charge in [-0.05, 0) is 36.8 Å². The Labute approximate surface area is 142 Å². The molecule has 0 atom stereocenters. The summed E-state index contributed by atoms with van der Waals surface area (Å²) < 4.78 is 44.5. The first-order valence-electron chi connectivity index (χ1n) is 7.51. The van der Waals surface area contributed by atoms with E-state index in [4.69, 9.17) is 10.00 Å². The van der Waals surface area contributed by atoms with E-state index in [0.29, 0.717) is 12.4 Å². The second-order valence-corrected chi connectivity index (χ2v) is 5.17.